The van der Waals surface area contributed by atoms with Crippen LogP contribution in [-0.4, -0.2) is 39.8 Å². The molecule has 2 fully saturated rings. The Labute approximate surface area is 200 Å². The Morgan fingerprint density at radius 1 is 1.31 bits per heavy atom. The van der Waals surface area contributed by atoms with Gasteiger partial charge < -0.3 is 10.6 Å². The maximum absolute atomic E-state index is 13.2. The van der Waals surface area contributed by atoms with Gasteiger partial charge in [0, 0.05) is 16.0 Å². The molecule has 0 bridgehead atoms. The quantitative estimate of drug-likeness (QED) is 0.571. The minimum absolute atomic E-state index is 0.0703. The molecule has 1 saturated heterocycles. The van der Waals surface area contributed by atoms with Crippen LogP contribution in [0.25, 0.3) is 11.3 Å². The van der Waals surface area contributed by atoms with E-state index < -0.39 is 17.5 Å². The predicted octanol–water partition coefficient (Wildman–Crippen LogP) is 5.19. The van der Waals surface area contributed by atoms with Crippen LogP contribution in [0.3, 0.4) is 0 Å². The molecule has 2 aromatic rings. The van der Waals surface area contributed by atoms with Crippen LogP contribution >= 0.6 is 34.5 Å². The fourth-order valence-electron chi connectivity index (χ4n) is 5.10. The third-order valence-electron chi connectivity index (χ3n) is 5.88. The van der Waals surface area contributed by atoms with Crippen molar-refractivity contribution < 1.29 is 14.4 Å². The summed E-state index contributed by atoms with van der Waals surface area (Å²) in [6, 6.07) is 4.56. The Bertz CT molecular complexity index is 1100. The van der Waals surface area contributed by atoms with Crippen LogP contribution < -0.4 is 10.6 Å². The number of rotatable bonds is 4. The van der Waals surface area contributed by atoms with Gasteiger partial charge in [-0.05, 0) is 48.8 Å². The van der Waals surface area contributed by atoms with Crippen molar-refractivity contribution in [2.75, 3.05) is 11.9 Å². The van der Waals surface area contributed by atoms with E-state index in [9.17, 15) is 14.4 Å². The molecule has 4 amide bonds. The van der Waals surface area contributed by atoms with Crippen LogP contribution in [0.5, 0.6) is 0 Å². The van der Waals surface area contributed by atoms with Crippen LogP contribution in [0, 0.1) is 11.3 Å². The number of carbonyl (C=O) groups excluding carboxylic acids is 3. The van der Waals surface area contributed by atoms with Gasteiger partial charge in [-0.15, -0.1) is 11.3 Å². The Hall–Kier alpha value is -2.16. The lowest BCUT2D eigenvalue weighted by Crippen LogP contribution is -2.54. The minimum Gasteiger partial charge on any atom is -0.323 e. The van der Waals surface area contributed by atoms with Crippen molar-refractivity contribution in [3.63, 3.8) is 0 Å². The lowest BCUT2D eigenvalue weighted by atomic mass is 9.64. The van der Waals surface area contributed by atoms with Gasteiger partial charge in [0.05, 0.1) is 10.7 Å². The molecule has 1 aromatic heterocycles. The van der Waals surface area contributed by atoms with E-state index in [1.807, 2.05) is 0 Å². The van der Waals surface area contributed by atoms with Gasteiger partial charge in [-0.25, -0.2) is 9.78 Å². The Balaban J connectivity index is 1.44. The standard InChI is InChI=1S/C22H24Cl2N4O3S/c1-12-7-21(2,3)11-22(8-12)18(30)28(20(31)27-22)9-17(29)26-19-25-16(10-32-19)14-5-4-13(23)6-15(14)24/h4-6,10,12H,7-9,11H2,1-3H3,(H,27,31)(H,25,26,29). The minimum atomic E-state index is -0.932. The van der Waals surface area contributed by atoms with Crippen LogP contribution in [0.2, 0.25) is 10.0 Å². The normalized spacial score (nSPS) is 24.7. The highest BCUT2D eigenvalue weighted by atomic mass is 35.5. The monoisotopic (exact) mass is 494 g/mol. The first-order chi connectivity index (χ1) is 15.0. The van der Waals surface area contributed by atoms with Gasteiger partial charge in [0.1, 0.15) is 12.1 Å². The van der Waals surface area contributed by atoms with Crippen LogP contribution in [0.4, 0.5) is 9.93 Å². The number of anilines is 1. The summed E-state index contributed by atoms with van der Waals surface area (Å²) in [6.07, 6.45) is 2.13. The summed E-state index contributed by atoms with van der Waals surface area (Å²) in [5, 5.41) is 8.64. The van der Waals surface area contributed by atoms with E-state index >= 15 is 0 Å². The molecule has 2 unspecified atom stereocenters. The smallest absolute Gasteiger partial charge is 0.323 e. The molecule has 0 radical (unpaired) electrons. The van der Waals surface area contributed by atoms with Crippen molar-refractivity contribution in [3.8, 4) is 11.3 Å². The zero-order valence-electron chi connectivity index (χ0n) is 18.0. The average molecular weight is 495 g/mol. The number of hydrogen-bond acceptors (Lipinski definition) is 5. The van der Waals surface area contributed by atoms with Gasteiger partial charge in [0.2, 0.25) is 5.91 Å². The number of thiazole rings is 1. The number of urea groups is 1. The van der Waals surface area contributed by atoms with E-state index in [0.29, 0.717) is 45.2 Å². The van der Waals surface area contributed by atoms with E-state index in [2.05, 4.69) is 36.4 Å². The van der Waals surface area contributed by atoms with Gasteiger partial charge in [0.25, 0.3) is 5.91 Å². The highest BCUT2D eigenvalue weighted by Crippen LogP contribution is 2.46. The maximum Gasteiger partial charge on any atom is 0.325 e. The van der Waals surface area contributed by atoms with Crippen LogP contribution in [-0.2, 0) is 9.59 Å². The second-order valence-corrected chi connectivity index (χ2v) is 11.2. The molecule has 1 spiro atoms. The highest BCUT2D eigenvalue weighted by Gasteiger charge is 2.56. The number of aromatic nitrogens is 1. The topological polar surface area (TPSA) is 91.4 Å². The second-order valence-electron chi connectivity index (χ2n) is 9.47. The van der Waals surface area contributed by atoms with E-state index in [0.717, 1.165) is 11.3 Å². The summed E-state index contributed by atoms with van der Waals surface area (Å²) in [5.74, 6) is -0.521. The number of benzene rings is 1. The molecule has 32 heavy (non-hydrogen) atoms. The van der Waals surface area contributed by atoms with Crippen molar-refractivity contribution in [2.24, 2.45) is 11.3 Å². The van der Waals surface area contributed by atoms with E-state index in [1.165, 1.54) is 11.3 Å². The zero-order valence-corrected chi connectivity index (χ0v) is 20.3. The van der Waals surface area contributed by atoms with Crippen molar-refractivity contribution in [1.82, 2.24) is 15.2 Å². The number of amides is 4. The third-order valence-corrected chi connectivity index (χ3v) is 7.19. The SMILES string of the molecule is CC1CC(C)(C)CC2(C1)NC(=O)N(CC(=O)Nc1nc(-c3ccc(Cl)cc3Cl)cs1)C2=O. The first kappa shape index (κ1) is 23.0. The number of halogens is 2. The number of imide groups is 1. The van der Waals surface area contributed by atoms with E-state index in [1.54, 1.807) is 23.6 Å². The fourth-order valence-corrected chi connectivity index (χ4v) is 6.34. The number of hydrogen-bond donors (Lipinski definition) is 2. The van der Waals surface area contributed by atoms with Gasteiger partial charge >= 0.3 is 6.03 Å². The molecule has 1 aliphatic carbocycles. The van der Waals surface area contributed by atoms with Crippen molar-refractivity contribution in [3.05, 3.63) is 33.6 Å². The largest absolute Gasteiger partial charge is 0.325 e. The molecule has 10 heteroatoms. The summed E-state index contributed by atoms with van der Waals surface area (Å²) < 4.78 is 0. The van der Waals surface area contributed by atoms with Crippen molar-refractivity contribution in [1.29, 1.82) is 0 Å². The first-order valence-electron chi connectivity index (χ1n) is 10.3. The second kappa shape index (κ2) is 8.32. The lowest BCUT2D eigenvalue weighted by molar-refractivity contribution is -0.136. The molecule has 2 atom stereocenters. The molecule has 1 aromatic carbocycles. The average Bonchev–Trinajstić information content (AvgIpc) is 3.18. The van der Waals surface area contributed by atoms with E-state index in [-0.39, 0.29) is 17.9 Å². The van der Waals surface area contributed by atoms with Crippen LogP contribution in [0.15, 0.2) is 23.6 Å². The highest BCUT2D eigenvalue weighted by molar-refractivity contribution is 7.14. The molecule has 7 nitrogen and oxygen atoms in total. The molecule has 4 rings (SSSR count). The third kappa shape index (κ3) is 4.49. The summed E-state index contributed by atoms with van der Waals surface area (Å²) in [4.78, 5) is 43.8. The number of nitrogens with zero attached hydrogens (tertiary/aromatic N) is 2. The molecule has 2 heterocycles. The molecular formula is C22H24Cl2N4O3S. The zero-order chi connectivity index (χ0) is 23.3. The summed E-state index contributed by atoms with van der Waals surface area (Å²) in [7, 11) is 0. The summed E-state index contributed by atoms with van der Waals surface area (Å²) in [6.45, 7) is 5.93. The van der Waals surface area contributed by atoms with Crippen molar-refractivity contribution in [2.45, 2.75) is 45.6 Å². The molecular weight excluding hydrogens is 471 g/mol. The Kier molecular flexibility index (Phi) is 5.98. The van der Waals surface area contributed by atoms with Crippen molar-refractivity contribution >= 4 is 57.5 Å². The lowest BCUT2D eigenvalue weighted by Gasteiger charge is -2.43. The van der Waals surface area contributed by atoms with E-state index in [4.69, 9.17) is 23.2 Å². The fraction of sp³-hybridized carbons (Fsp3) is 0.455. The molecule has 2 N–H and O–H groups in total. The number of carbonyl (C=O) groups is 3. The van der Waals surface area contributed by atoms with Gasteiger partial charge in [0.15, 0.2) is 5.13 Å². The maximum atomic E-state index is 13.2. The van der Waals surface area contributed by atoms with Gasteiger partial charge in [-0.2, -0.15) is 0 Å². The van der Waals surface area contributed by atoms with Gasteiger partial charge in [-0.1, -0.05) is 44.0 Å². The number of nitrogens with one attached hydrogen (secondary N) is 2. The van der Waals surface area contributed by atoms with Crippen LogP contribution in [0.1, 0.15) is 40.0 Å². The molecule has 170 valence electrons. The van der Waals surface area contributed by atoms with Gasteiger partial charge in [-0.3, -0.25) is 14.5 Å². The predicted molar refractivity (Wildman–Crippen MR) is 126 cm³/mol. The molecule has 2 aliphatic rings. The molecule has 1 saturated carbocycles. The summed E-state index contributed by atoms with van der Waals surface area (Å²) >= 11 is 13.4. The Morgan fingerprint density at radius 2 is 2.06 bits per heavy atom. The summed E-state index contributed by atoms with van der Waals surface area (Å²) in [5.41, 5.74) is 0.286. The first-order valence-corrected chi connectivity index (χ1v) is 12.0. The Morgan fingerprint density at radius 3 is 2.75 bits per heavy atom. The molecule has 1 aliphatic heterocycles.